The quantitative estimate of drug-likeness (QED) is 0.448. The van der Waals surface area contributed by atoms with Crippen LogP contribution in [0.4, 0.5) is 4.39 Å². The highest BCUT2D eigenvalue weighted by Gasteiger charge is 2.43. The van der Waals surface area contributed by atoms with Crippen molar-refractivity contribution >= 4 is 29.1 Å². The van der Waals surface area contributed by atoms with E-state index in [9.17, 15) is 18.8 Å². The molecule has 3 N–H and O–H groups in total. The number of benzene rings is 2. The minimum atomic E-state index is -0.807. The molecule has 10 heteroatoms. The number of methoxy groups -OCH3 is 1. The second-order valence-corrected chi connectivity index (χ2v) is 9.66. The van der Waals surface area contributed by atoms with E-state index in [4.69, 9.17) is 10.5 Å². The van der Waals surface area contributed by atoms with E-state index in [0.717, 1.165) is 5.56 Å². The van der Waals surface area contributed by atoms with Crippen molar-refractivity contribution in [3.8, 4) is 5.75 Å². The molecule has 1 fully saturated rings. The van der Waals surface area contributed by atoms with Gasteiger partial charge in [-0.2, -0.15) is 0 Å². The van der Waals surface area contributed by atoms with Crippen molar-refractivity contribution in [2.45, 2.75) is 25.0 Å². The Bertz CT molecular complexity index is 1240. The number of carbonyl (C=O) groups excluding carboxylic acids is 3. The predicted octanol–water partition coefficient (Wildman–Crippen LogP) is 2.90. The third-order valence-corrected chi connectivity index (χ3v) is 7.16. The van der Waals surface area contributed by atoms with Crippen molar-refractivity contribution in [2.75, 3.05) is 26.7 Å². The average molecular weight is 525 g/mol. The fraction of sp³-hybridized carbons (Fsp3) is 0.296. The lowest BCUT2D eigenvalue weighted by Gasteiger charge is -2.29. The summed E-state index contributed by atoms with van der Waals surface area (Å²) >= 11 is 1.33. The van der Waals surface area contributed by atoms with E-state index in [1.165, 1.54) is 40.5 Å². The normalized spacial score (nSPS) is 16.9. The molecule has 2 unspecified atom stereocenters. The largest absolute Gasteiger partial charge is 0.497 e. The van der Waals surface area contributed by atoms with Crippen molar-refractivity contribution in [1.29, 1.82) is 0 Å². The van der Waals surface area contributed by atoms with Gasteiger partial charge in [-0.25, -0.2) is 4.39 Å². The standard InChI is InChI=1S/C27H29FN4O4S/c1-36-22-5-2-4-18(14-22)16-31(27(35)24-6-3-13-37-24)21-15-23(25(33)30-12-11-29)32(17-21)26(34)19-7-9-20(28)10-8-19/h2-10,13-14,21,23H,11-12,15-17,29H2,1H3,(H,30,33). The van der Waals surface area contributed by atoms with E-state index in [1.54, 1.807) is 18.1 Å². The molecule has 2 atom stereocenters. The molecular weight excluding hydrogens is 495 g/mol. The Hall–Kier alpha value is -3.76. The highest BCUT2D eigenvalue weighted by atomic mass is 32.1. The van der Waals surface area contributed by atoms with Crippen molar-refractivity contribution < 1.29 is 23.5 Å². The lowest BCUT2D eigenvalue weighted by Crippen LogP contribution is -2.47. The number of likely N-dealkylation sites (tertiary alicyclic amines) is 1. The molecule has 0 aliphatic carbocycles. The molecule has 2 aromatic carbocycles. The van der Waals surface area contributed by atoms with Crippen LogP contribution in [0.25, 0.3) is 0 Å². The van der Waals surface area contributed by atoms with Crippen molar-refractivity contribution in [3.05, 3.63) is 87.9 Å². The van der Waals surface area contributed by atoms with Gasteiger partial charge < -0.3 is 25.6 Å². The van der Waals surface area contributed by atoms with Crippen LogP contribution >= 0.6 is 11.3 Å². The SMILES string of the molecule is COc1cccc(CN(C(=O)c2cccs2)C2CC(C(=O)NCCN)N(C(=O)c3ccc(F)cc3)C2)c1. The van der Waals surface area contributed by atoms with E-state index in [0.29, 0.717) is 10.6 Å². The van der Waals surface area contributed by atoms with Gasteiger partial charge in [0.25, 0.3) is 11.8 Å². The molecule has 0 spiro atoms. The number of hydrogen-bond acceptors (Lipinski definition) is 6. The number of nitrogens with one attached hydrogen (secondary N) is 1. The van der Waals surface area contributed by atoms with E-state index in [1.807, 2.05) is 35.7 Å². The monoisotopic (exact) mass is 524 g/mol. The molecule has 1 aromatic heterocycles. The van der Waals surface area contributed by atoms with Gasteiger partial charge in [-0.15, -0.1) is 11.3 Å². The first kappa shape index (κ1) is 26.3. The molecule has 4 rings (SSSR count). The molecule has 0 bridgehead atoms. The molecule has 3 amide bonds. The summed E-state index contributed by atoms with van der Waals surface area (Å²) in [5.74, 6) is -0.715. The van der Waals surface area contributed by atoms with Crippen LogP contribution in [-0.4, -0.2) is 66.3 Å². The van der Waals surface area contributed by atoms with Gasteiger partial charge in [-0.3, -0.25) is 14.4 Å². The fourth-order valence-corrected chi connectivity index (χ4v) is 5.14. The number of ether oxygens (including phenoxy) is 1. The molecule has 0 saturated carbocycles. The topological polar surface area (TPSA) is 105 Å². The number of carbonyl (C=O) groups is 3. The Balaban J connectivity index is 1.66. The molecule has 1 aliphatic rings. The fourth-order valence-electron chi connectivity index (χ4n) is 4.46. The zero-order valence-corrected chi connectivity index (χ0v) is 21.2. The Morgan fingerprint density at radius 2 is 1.95 bits per heavy atom. The van der Waals surface area contributed by atoms with Gasteiger partial charge in [0.15, 0.2) is 0 Å². The van der Waals surface area contributed by atoms with Gasteiger partial charge in [0.2, 0.25) is 5.91 Å². The maximum atomic E-state index is 13.6. The van der Waals surface area contributed by atoms with Crippen LogP contribution < -0.4 is 15.8 Å². The van der Waals surface area contributed by atoms with Crippen LogP contribution in [0.1, 0.15) is 32.0 Å². The lowest BCUT2D eigenvalue weighted by molar-refractivity contribution is -0.124. The Morgan fingerprint density at radius 1 is 1.16 bits per heavy atom. The Morgan fingerprint density at radius 3 is 2.62 bits per heavy atom. The average Bonchev–Trinajstić information content (AvgIpc) is 3.61. The summed E-state index contributed by atoms with van der Waals surface area (Å²) < 4.78 is 18.8. The number of rotatable bonds is 9. The van der Waals surface area contributed by atoms with E-state index in [-0.39, 0.29) is 50.0 Å². The minimum absolute atomic E-state index is 0.151. The first-order valence-electron chi connectivity index (χ1n) is 11.9. The van der Waals surface area contributed by atoms with Gasteiger partial charge in [0.05, 0.1) is 18.0 Å². The van der Waals surface area contributed by atoms with Crippen molar-refractivity contribution in [1.82, 2.24) is 15.1 Å². The summed E-state index contributed by atoms with van der Waals surface area (Å²) in [6.07, 6.45) is 0.254. The van der Waals surface area contributed by atoms with Crippen LogP contribution in [0.5, 0.6) is 5.75 Å². The first-order chi connectivity index (χ1) is 17.9. The molecule has 0 radical (unpaired) electrons. The maximum absolute atomic E-state index is 13.6. The lowest BCUT2D eigenvalue weighted by atomic mass is 10.1. The predicted molar refractivity (Wildman–Crippen MR) is 139 cm³/mol. The second kappa shape index (κ2) is 12.0. The molecule has 1 saturated heterocycles. The molecule has 194 valence electrons. The summed E-state index contributed by atoms with van der Waals surface area (Å²) in [6.45, 7) is 0.944. The number of nitrogens with zero attached hydrogens (tertiary/aromatic N) is 2. The summed E-state index contributed by atoms with van der Waals surface area (Å²) in [4.78, 5) is 43.9. The molecular formula is C27H29FN4O4S. The first-order valence-corrected chi connectivity index (χ1v) is 12.8. The molecule has 3 aromatic rings. The molecule has 1 aliphatic heterocycles. The molecule has 2 heterocycles. The van der Waals surface area contributed by atoms with Gasteiger partial charge in [0.1, 0.15) is 17.6 Å². The van der Waals surface area contributed by atoms with E-state index < -0.39 is 23.8 Å². The number of hydrogen-bond donors (Lipinski definition) is 2. The second-order valence-electron chi connectivity index (χ2n) is 8.71. The Labute approximate surface area is 218 Å². The van der Waals surface area contributed by atoms with Gasteiger partial charge in [-0.05, 0) is 59.8 Å². The van der Waals surface area contributed by atoms with E-state index in [2.05, 4.69) is 5.32 Å². The third kappa shape index (κ3) is 6.15. The zero-order valence-electron chi connectivity index (χ0n) is 20.4. The number of nitrogens with two attached hydrogens (primary N) is 1. The van der Waals surface area contributed by atoms with Crippen molar-refractivity contribution in [2.24, 2.45) is 5.73 Å². The highest BCUT2D eigenvalue weighted by Crippen LogP contribution is 2.29. The van der Waals surface area contributed by atoms with Gasteiger partial charge in [0, 0.05) is 31.7 Å². The summed E-state index contributed by atoms with van der Waals surface area (Å²) in [6, 6.07) is 15.0. The summed E-state index contributed by atoms with van der Waals surface area (Å²) in [5, 5.41) is 4.60. The number of amides is 3. The van der Waals surface area contributed by atoms with Crippen LogP contribution in [-0.2, 0) is 11.3 Å². The third-order valence-electron chi connectivity index (χ3n) is 6.30. The smallest absolute Gasteiger partial charge is 0.264 e. The van der Waals surface area contributed by atoms with Crippen LogP contribution in [0.15, 0.2) is 66.0 Å². The van der Waals surface area contributed by atoms with E-state index >= 15 is 0 Å². The van der Waals surface area contributed by atoms with Crippen LogP contribution in [0.3, 0.4) is 0 Å². The number of thiophene rings is 1. The maximum Gasteiger partial charge on any atom is 0.264 e. The Kier molecular flexibility index (Phi) is 8.52. The van der Waals surface area contributed by atoms with Crippen LogP contribution in [0.2, 0.25) is 0 Å². The zero-order chi connectivity index (χ0) is 26.4. The van der Waals surface area contributed by atoms with Crippen LogP contribution in [0, 0.1) is 5.82 Å². The summed E-state index contributed by atoms with van der Waals surface area (Å²) in [7, 11) is 1.58. The molecule has 37 heavy (non-hydrogen) atoms. The van der Waals surface area contributed by atoms with Gasteiger partial charge >= 0.3 is 0 Å². The number of halogens is 1. The van der Waals surface area contributed by atoms with Crippen molar-refractivity contribution in [3.63, 3.8) is 0 Å². The minimum Gasteiger partial charge on any atom is -0.497 e. The molecule has 8 nitrogen and oxygen atoms in total. The van der Waals surface area contributed by atoms with Gasteiger partial charge in [-0.1, -0.05) is 18.2 Å². The highest BCUT2D eigenvalue weighted by molar-refractivity contribution is 7.12. The summed E-state index contributed by atoms with van der Waals surface area (Å²) in [5.41, 5.74) is 6.69.